The number of amides is 1. The summed E-state index contributed by atoms with van der Waals surface area (Å²) in [5.41, 5.74) is 3.27. The van der Waals surface area contributed by atoms with Crippen LogP contribution in [0.4, 0.5) is 11.4 Å². The molecule has 0 atom stereocenters. The summed E-state index contributed by atoms with van der Waals surface area (Å²) in [6.07, 6.45) is 0. The van der Waals surface area contributed by atoms with Crippen molar-refractivity contribution in [3.05, 3.63) is 82.4 Å². The molecule has 1 heterocycles. The number of aryl methyl sites for hydroxylation is 1. The molecular weight excluding hydrogens is 342 g/mol. The Morgan fingerprint density at radius 1 is 1.00 bits per heavy atom. The standard InChI is InChI=1S/C21H17N3O3/c1-2-23-19-6-4-3-5-17(19)18-13-14(7-12-20(18)23)21(25)22-15-8-10-16(11-9-15)24(26)27/h3-13H,2H2,1H3,(H,22,25). The SMILES string of the molecule is CCn1c2ccccc2c2cc(C(=O)Nc3ccc([N+](=O)[O-])cc3)ccc21. The number of fused-ring (bicyclic) bond motifs is 3. The normalized spacial score (nSPS) is 11.0. The molecule has 0 aliphatic carbocycles. The fraction of sp³-hybridized carbons (Fsp3) is 0.0952. The Morgan fingerprint density at radius 2 is 1.70 bits per heavy atom. The number of nitrogens with one attached hydrogen (secondary N) is 1. The number of nitrogens with zero attached hydrogens (tertiary/aromatic N) is 2. The summed E-state index contributed by atoms with van der Waals surface area (Å²) in [4.78, 5) is 22.9. The van der Waals surface area contributed by atoms with Crippen LogP contribution in [0.2, 0.25) is 0 Å². The minimum atomic E-state index is -0.469. The topological polar surface area (TPSA) is 77.2 Å². The van der Waals surface area contributed by atoms with Crippen molar-refractivity contribution in [3.63, 3.8) is 0 Å². The zero-order chi connectivity index (χ0) is 19.0. The second kappa shape index (κ2) is 6.57. The first kappa shape index (κ1) is 16.8. The van der Waals surface area contributed by atoms with Gasteiger partial charge in [0.15, 0.2) is 0 Å². The molecular formula is C21H17N3O3. The molecule has 0 spiro atoms. The van der Waals surface area contributed by atoms with Gasteiger partial charge < -0.3 is 9.88 Å². The van der Waals surface area contributed by atoms with Gasteiger partial charge in [-0.15, -0.1) is 0 Å². The van der Waals surface area contributed by atoms with E-state index in [-0.39, 0.29) is 11.6 Å². The highest BCUT2D eigenvalue weighted by Crippen LogP contribution is 2.30. The Balaban J connectivity index is 1.70. The Hall–Kier alpha value is -3.67. The van der Waals surface area contributed by atoms with Crippen LogP contribution < -0.4 is 5.32 Å². The summed E-state index contributed by atoms with van der Waals surface area (Å²) in [7, 11) is 0. The predicted octanol–water partition coefficient (Wildman–Crippen LogP) is 4.97. The molecule has 6 nitrogen and oxygen atoms in total. The molecule has 0 radical (unpaired) electrons. The van der Waals surface area contributed by atoms with Gasteiger partial charge in [0.25, 0.3) is 11.6 Å². The number of nitro benzene ring substituents is 1. The molecule has 6 heteroatoms. The van der Waals surface area contributed by atoms with Crippen molar-refractivity contribution < 1.29 is 9.72 Å². The van der Waals surface area contributed by atoms with E-state index in [4.69, 9.17) is 0 Å². The Kier molecular flexibility index (Phi) is 4.08. The molecule has 0 saturated heterocycles. The van der Waals surface area contributed by atoms with Gasteiger partial charge in [0.2, 0.25) is 0 Å². The van der Waals surface area contributed by atoms with Gasteiger partial charge in [-0.3, -0.25) is 14.9 Å². The molecule has 0 bridgehead atoms. The highest BCUT2D eigenvalue weighted by Gasteiger charge is 2.13. The molecule has 0 fully saturated rings. The number of aromatic nitrogens is 1. The molecule has 0 aliphatic rings. The lowest BCUT2D eigenvalue weighted by Gasteiger charge is -2.06. The highest BCUT2D eigenvalue weighted by molar-refractivity contribution is 6.12. The molecule has 4 rings (SSSR count). The van der Waals surface area contributed by atoms with Crippen LogP contribution in [0, 0.1) is 10.1 Å². The van der Waals surface area contributed by atoms with Gasteiger partial charge in [-0.2, -0.15) is 0 Å². The van der Waals surface area contributed by atoms with Crippen molar-refractivity contribution in [3.8, 4) is 0 Å². The summed E-state index contributed by atoms with van der Waals surface area (Å²) in [5.74, 6) is -0.251. The Morgan fingerprint density at radius 3 is 2.41 bits per heavy atom. The maximum absolute atomic E-state index is 12.6. The van der Waals surface area contributed by atoms with E-state index in [2.05, 4.69) is 28.9 Å². The maximum Gasteiger partial charge on any atom is 0.269 e. The molecule has 4 aromatic rings. The minimum Gasteiger partial charge on any atom is -0.341 e. The fourth-order valence-corrected chi connectivity index (χ4v) is 3.41. The lowest BCUT2D eigenvalue weighted by molar-refractivity contribution is -0.384. The van der Waals surface area contributed by atoms with Gasteiger partial charge in [0.1, 0.15) is 0 Å². The lowest BCUT2D eigenvalue weighted by Crippen LogP contribution is -2.11. The van der Waals surface area contributed by atoms with Gasteiger partial charge in [0, 0.05) is 51.7 Å². The maximum atomic E-state index is 12.6. The molecule has 0 aliphatic heterocycles. The number of carbonyl (C=O) groups excluding carboxylic acids is 1. The van der Waals surface area contributed by atoms with Crippen LogP contribution in [0.25, 0.3) is 21.8 Å². The monoisotopic (exact) mass is 359 g/mol. The van der Waals surface area contributed by atoms with Gasteiger partial charge in [-0.05, 0) is 43.3 Å². The third kappa shape index (κ3) is 2.91. The Bertz CT molecular complexity index is 1180. The van der Waals surface area contributed by atoms with E-state index >= 15 is 0 Å². The van der Waals surface area contributed by atoms with E-state index < -0.39 is 4.92 Å². The number of carbonyl (C=O) groups is 1. The number of nitro groups is 1. The number of anilines is 1. The third-order valence-corrected chi connectivity index (χ3v) is 4.69. The number of rotatable bonds is 4. The molecule has 3 aromatic carbocycles. The molecule has 1 amide bonds. The zero-order valence-corrected chi connectivity index (χ0v) is 14.7. The van der Waals surface area contributed by atoms with E-state index in [0.717, 1.165) is 28.4 Å². The van der Waals surface area contributed by atoms with Crippen LogP contribution in [-0.4, -0.2) is 15.4 Å². The smallest absolute Gasteiger partial charge is 0.269 e. The van der Waals surface area contributed by atoms with Crippen LogP contribution in [0.5, 0.6) is 0 Å². The molecule has 1 aromatic heterocycles. The molecule has 134 valence electrons. The molecule has 1 N–H and O–H groups in total. The van der Waals surface area contributed by atoms with E-state index in [1.54, 1.807) is 6.07 Å². The average Bonchev–Trinajstić information content (AvgIpc) is 3.01. The second-order valence-electron chi connectivity index (χ2n) is 6.25. The van der Waals surface area contributed by atoms with Gasteiger partial charge >= 0.3 is 0 Å². The molecule has 0 saturated carbocycles. The third-order valence-electron chi connectivity index (χ3n) is 4.69. The van der Waals surface area contributed by atoms with Crippen LogP contribution in [0.15, 0.2) is 66.7 Å². The van der Waals surface area contributed by atoms with Crippen molar-refractivity contribution in [1.82, 2.24) is 4.57 Å². The largest absolute Gasteiger partial charge is 0.341 e. The lowest BCUT2D eigenvalue weighted by atomic mass is 10.1. The van der Waals surface area contributed by atoms with Crippen LogP contribution >= 0.6 is 0 Å². The predicted molar refractivity (Wildman–Crippen MR) is 106 cm³/mol. The number of para-hydroxylation sites is 1. The quantitative estimate of drug-likeness (QED) is 0.412. The van der Waals surface area contributed by atoms with Crippen LogP contribution in [-0.2, 0) is 6.54 Å². The first-order valence-electron chi connectivity index (χ1n) is 8.65. The molecule has 27 heavy (non-hydrogen) atoms. The number of non-ortho nitro benzene ring substituents is 1. The molecule has 0 unspecified atom stereocenters. The van der Waals surface area contributed by atoms with E-state index in [1.807, 2.05) is 24.3 Å². The summed E-state index contributed by atoms with van der Waals surface area (Å²) < 4.78 is 2.22. The first-order valence-corrected chi connectivity index (χ1v) is 8.65. The number of hydrogen-bond acceptors (Lipinski definition) is 3. The summed E-state index contributed by atoms with van der Waals surface area (Å²) in [6, 6.07) is 19.6. The summed E-state index contributed by atoms with van der Waals surface area (Å²) >= 11 is 0. The average molecular weight is 359 g/mol. The summed E-state index contributed by atoms with van der Waals surface area (Å²) in [6.45, 7) is 2.94. The van der Waals surface area contributed by atoms with Gasteiger partial charge in [-0.25, -0.2) is 0 Å². The van der Waals surface area contributed by atoms with Gasteiger partial charge in [-0.1, -0.05) is 18.2 Å². The fourth-order valence-electron chi connectivity index (χ4n) is 3.41. The number of hydrogen-bond donors (Lipinski definition) is 1. The van der Waals surface area contributed by atoms with Crippen LogP contribution in [0.3, 0.4) is 0 Å². The van der Waals surface area contributed by atoms with Gasteiger partial charge in [0.05, 0.1) is 4.92 Å². The Labute approximate surface area is 155 Å². The van der Waals surface area contributed by atoms with Crippen molar-refractivity contribution in [2.45, 2.75) is 13.5 Å². The van der Waals surface area contributed by atoms with Crippen LogP contribution in [0.1, 0.15) is 17.3 Å². The van der Waals surface area contributed by atoms with E-state index in [9.17, 15) is 14.9 Å². The minimum absolute atomic E-state index is 0.0122. The van der Waals surface area contributed by atoms with E-state index in [0.29, 0.717) is 11.3 Å². The van der Waals surface area contributed by atoms with Crippen molar-refractivity contribution >= 4 is 39.1 Å². The van der Waals surface area contributed by atoms with Crippen molar-refractivity contribution in [2.24, 2.45) is 0 Å². The second-order valence-corrected chi connectivity index (χ2v) is 6.25. The number of benzene rings is 3. The zero-order valence-electron chi connectivity index (χ0n) is 14.7. The van der Waals surface area contributed by atoms with Crippen molar-refractivity contribution in [2.75, 3.05) is 5.32 Å². The summed E-state index contributed by atoms with van der Waals surface area (Å²) in [5, 5.41) is 15.7. The first-order chi connectivity index (χ1) is 13.1. The highest BCUT2D eigenvalue weighted by atomic mass is 16.6. The van der Waals surface area contributed by atoms with E-state index in [1.165, 1.54) is 24.3 Å². The van der Waals surface area contributed by atoms with Crippen molar-refractivity contribution in [1.29, 1.82) is 0 Å².